The average Bonchev–Trinajstić information content (AvgIpc) is 2.98. The van der Waals surface area contributed by atoms with Gasteiger partial charge in [0.2, 0.25) is 5.91 Å². The number of H-pyrrole nitrogens is 1. The molecule has 2 saturated heterocycles. The average molecular weight is 351 g/mol. The van der Waals surface area contributed by atoms with Crippen molar-refractivity contribution in [3.05, 3.63) is 58.4 Å². The van der Waals surface area contributed by atoms with Gasteiger partial charge in [-0.15, -0.1) is 0 Å². The lowest BCUT2D eigenvalue weighted by molar-refractivity contribution is -0.130. The van der Waals surface area contributed by atoms with Gasteiger partial charge >= 0.3 is 0 Å². The normalized spacial score (nSPS) is 22.4. The molecule has 4 rings (SSSR count). The number of carbonyl (C=O) groups excluding carboxylic acids is 2. The number of carbonyl (C=O) groups is 2. The van der Waals surface area contributed by atoms with Gasteiger partial charge in [-0.3, -0.25) is 14.4 Å². The summed E-state index contributed by atoms with van der Waals surface area (Å²) in [7, 11) is 1.77. The molecule has 0 spiro atoms. The highest BCUT2D eigenvalue weighted by atomic mass is 16.2. The van der Waals surface area contributed by atoms with Crippen LogP contribution in [0.4, 0.5) is 0 Å². The third-order valence-corrected chi connectivity index (χ3v) is 5.40. The monoisotopic (exact) mass is 351 g/mol. The van der Waals surface area contributed by atoms with Crippen LogP contribution in [0.2, 0.25) is 0 Å². The van der Waals surface area contributed by atoms with E-state index in [1.54, 1.807) is 29.0 Å². The molecule has 2 atom stereocenters. The number of likely N-dealkylation sites (tertiary alicyclic amines) is 1. The largest absolute Gasteiger partial charge is 0.344 e. The Hall–Kier alpha value is -2.89. The van der Waals surface area contributed by atoms with Crippen molar-refractivity contribution in [1.29, 1.82) is 0 Å². The first-order valence-corrected chi connectivity index (χ1v) is 8.90. The molecule has 134 valence electrons. The minimum absolute atomic E-state index is 0.0165. The fraction of sp³-hybridized carbons (Fsp3) is 0.350. The SMILES string of the molecule is CN1C[C@@H]2CC[C@H](CC1=O)N2C(=O)c1ccc(-c2ccccc2)[nH]c1=O. The van der Waals surface area contributed by atoms with Gasteiger partial charge in [-0.1, -0.05) is 30.3 Å². The lowest BCUT2D eigenvalue weighted by atomic mass is 10.1. The van der Waals surface area contributed by atoms with E-state index in [0.717, 1.165) is 18.4 Å². The number of nitrogens with zero attached hydrogens (tertiary/aromatic N) is 2. The molecule has 2 amide bonds. The number of hydrogen-bond acceptors (Lipinski definition) is 3. The second kappa shape index (κ2) is 6.44. The number of benzene rings is 1. The number of hydrogen-bond donors (Lipinski definition) is 1. The molecule has 0 aliphatic carbocycles. The Labute approximate surface area is 151 Å². The number of amides is 2. The maximum Gasteiger partial charge on any atom is 0.261 e. The first kappa shape index (κ1) is 16.6. The summed E-state index contributed by atoms with van der Waals surface area (Å²) in [4.78, 5) is 44.0. The van der Waals surface area contributed by atoms with Crippen LogP contribution in [0, 0.1) is 0 Å². The van der Waals surface area contributed by atoms with E-state index in [2.05, 4.69) is 4.98 Å². The van der Waals surface area contributed by atoms with Gasteiger partial charge in [-0.25, -0.2) is 0 Å². The Balaban J connectivity index is 1.65. The summed E-state index contributed by atoms with van der Waals surface area (Å²) in [6.45, 7) is 0.529. The summed E-state index contributed by atoms with van der Waals surface area (Å²) < 4.78 is 0. The molecule has 2 aliphatic rings. The second-order valence-corrected chi connectivity index (χ2v) is 7.06. The predicted octanol–water partition coefficient (Wildman–Crippen LogP) is 1.88. The molecule has 26 heavy (non-hydrogen) atoms. The van der Waals surface area contributed by atoms with Gasteiger partial charge in [0.1, 0.15) is 5.56 Å². The van der Waals surface area contributed by atoms with Crippen LogP contribution in [-0.4, -0.2) is 52.3 Å². The Morgan fingerprint density at radius 3 is 2.50 bits per heavy atom. The van der Waals surface area contributed by atoms with Crippen molar-refractivity contribution in [3.8, 4) is 11.3 Å². The van der Waals surface area contributed by atoms with E-state index >= 15 is 0 Å². The molecule has 3 heterocycles. The number of pyridine rings is 1. The standard InChI is InChI=1S/C20H21N3O3/c1-22-12-15-8-7-14(11-18(22)24)23(15)20(26)16-9-10-17(21-19(16)25)13-5-3-2-4-6-13/h2-6,9-10,14-15H,7-8,11-12H2,1H3,(H,21,25)/t14-,15+/m1/s1. The van der Waals surface area contributed by atoms with E-state index < -0.39 is 0 Å². The fourth-order valence-electron chi connectivity index (χ4n) is 4.02. The Morgan fingerprint density at radius 2 is 1.77 bits per heavy atom. The van der Waals surface area contributed by atoms with E-state index in [1.807, 2.05) is 30.3 Å². The van der Waals surface area contributed by atoms with Gasteiger partial charge in [0.15, 0.2) is 0 Å². The van der Waals surface area contributed by atoms with E-state index in [4.69, 9.17) is 0 Å². The summed E-state index contributed by atoms with van der Waals surface area (Å²) in [6, 6.07) is 12.7. The molecule has 0 radical (unpaired) electrons. The zero-order chi connectivity index (χ0) is 18.3. The Morgan fingerprint density at radius 1 is 1.04 bits per heavy atom. The van der Waals surface area contributed by atoms with E-state index in [0.29, 0.717) is 18.7 Å². The molecule has 1 aromatic heterocycles. The minimum atomic E-state index is -0.389. The van der Waals surface area contributed by atoms with Gasteiger partial charge < -0.3 is 14.8 Å². The number of nitrogens with one attached hydrogen (secondary N) is 1. The van der Waals surface area contributed by atoms with Crippen molar-refractivity contribution in [1.82, 2.24) is 14.8 Å². The summed E-state index contributed by atoms with van der Waals surface area (Å²) in [6.07, 6.45) is 2.02. The van der Waals surface area contributed by atoms with Gasteiger partial charge in [-0.05, 0) is 30.5 Å². The summed E-state index contributed by atoms with van der Waals surface area (Å²) in [5.41, 5.74) is 1.32. The third-order valence-electron chi connectivity index (χ3n) is 5.40. The van der Waals surface area contributed by atoms with Crippen molar-refractivity contribution in [2.24, 2.45) is 0 Å². The summed E-state index contributed by atoms with van der Waals surface area (Å²) in [5.74, 6) is -0.218. The number of aromatic nitrogens is 1. The molecule has 0 unspecified atom stereocenters. The quantitative estimate of drug-likeness (QED) is 0.898. The molecule has 2 bridgehead atoms. The van der Waals surface area contributed by atoms with Crippen LogP contribution in [0.3, 0.4) is 0 Å². The van der Waals surface area contributed by atoms with Crippen LogP contribution in [0.1, 0.15) is 29.6 Å². The van der Waals surface area contributed by atoms with Crippen LogP contribution < -0.4 is 5.56 Å². The zero-order valence-corrected chi connectivity index (χ0v) is 14.6. The highest BCUT2D eigenvalue weighted by molar-refractivity contribution is 5.95. The van der Waals surface area contributed by atoms with Crippen molar-refractivity contribution in [3.63, 3.8) is 0 Å². The lowest BCUT2D eigenvalue weighted by Crippen LogP contribution is -2.44. The lowest BCUT2D eigenvalue weighted by Gasteiger charge is -2.27. The van der Waals surface area contributed by atoms with Crippen molar-refractivity contribution < 1.29 is 9.59 Å². The second-order valence-electron chi connectivity index (χ2n) is 7.06. The van der Waals surface area contributed by atoms with Gasteiger partial charge in [0, 0.05) is 37.8 Å². The highest BCUT2D eigenvalue weighted by Gasteiger charge is 2.42. The Kier molecular flexibility index (Phi) is 4.11. The summed E-state index contributed by atoms with van der Waals surface area (Å²) >= 11 is 0. The molecule has 6 nitrogen and oxygen atoms in total. The van der Waals surface area contributed by atoms with Gasteiger partial charge in [0.05, 0.1) is 0 Å². The molecular formula is C20H21N3O3. The molecular weight excluding hydrogens is 330 g/mol. The maximum atomic E-state index is 13.1. The summed E-state index contributed by atoms with van der Waals surface area (Å²) in [5, 5.41) is 0. The van der Waals surface area contributed by atoms with Gasteiger partial charge in [-0.2, -0.15) is 0 Å². The van der Waals surface area contributed by atoms with Crippen LogP contribution in [-0.2, 0) is 4.79 Å². The van der Waals surface area contributed by atoms with E-state index in [-0.39, 0.29) is 35.0 Å². The van der Waals surface area contributed by atoms with E-state index in [1.165, 1.54) is 0 Å². The van der Waals surface area contributed by atoms with E-state index in [9.17, 15) is 14.4 Å². The Bertz CT molecular complexity index is 906. The van der Waals surface area contributed by atoms with Gasteiger partial charge in [0.25, 0.3) is 11.5 Å². The number of rotatable bonds is 2. The molecule has 2 fully saturated rings. The zero-order valence-electron chi connectivity index (χ0n) is 14.6. The molecule has 1 aromatic carbocycles. The predicted molar refractivity (Wildman–Crippen MR) is 97.7 cm³/mol. The highest BCUT2D eigenvalue weighted by Crippen LogP contribution is 2.31. The minimum Gasteiger partial charge on any atom is -0.344 e. The number of likely N-dealkylation sites (N-methyl/N-ethyl adjacent to an activating group) is 1. The molecule has 2 aliphatic heterocycles. The van der Waals surface area contributed by atoms with Crippen LogP contribution in [0.25, 0.3) is 11.3 Å². The first-order valence-electron chi connectivity index (χ1n) is 8.90. The third kappa shape index (κ3) is 2.81. The van der Waals surface area contributed by atoms with Crippen LogP contribution >= 0.6 is 0 Å². The molecule has 1 N–H and O–H groups in total. The van der Waals surface area contributed by atoms with Crippen molar-refractivity contribution in [2.45, 2.75) is 31.3 Å². The fourth-order valence-corrected chi connectivity index (χ4v) is 4.02. The van der Waals surface area contributed by atoms with Crippen molar-refractivity contribution >= 4 is 11.8 Å². The molecule has 6 heteroatoms. The van der Waals surface area contributed by atoms with Crippen LogP contribution in [0.5, 0.6) is 0 Å². The topological polar surface area (TPSA) is 73.5 Å². The number of aromatic amines is 1. The number of fused-ring (bicyclic) bond motifs is 2. The molecule has 2 aromatic rings. The van der Waals surface area contributed by atoms with Crippen LogP contribution in [0.15, 0.2) is 47.3 Å². The molecule has 0 saturated carbocycles. The maximum absolute atomic E-state index is 13.1. The van der Waals surface area contributed by atoms with Crippen molar-refractivity contribution in [2.75, 3.05) is 13.6 Å². The smallest absolute Gasteiger partial charge is 0.261 e. The first-order chi connectivity index (χ1) is 12.5.